The molecule has 0 bridgehead atoms. The molecule has 7 heteroatoms. The lowest BCUT2D eigenvalue weighted by Gasteiger charge is -2.13. The topological polar surface area (TPSA) is 92.5 Å². The zero-order valence-corrected chi connectivity index (χ0v) is 12.1. The maximum absolute atomic E-state index is 11.7. The van der Waals surface area contributed by atoms with Crippen LogP contribution < -0.4 is 11.1 Å². The van der Waals surface area contributed by atoms with Crippen LogP contribution in [0.5, 0.6) is 0 Å². The zero-order valence-electron chi connectivity index (χ0n) is 11.3. The molecule has 6 nitrogen and oxygen atoms in total. The number of carbonyl (C=O) groups excluding carboxylic acids is 1. The maximum Gasteiger partial charge on any atom is 0.253 e. The normalized spacial score (nSPS) is 11.1. The van der Waals surface area contributed by atoms with Gasteiger partial charge in [0.1, 0.15) is 9.84 Å². The predicted octanol–water partition coefficient (Wildman–Crippen LogP) is 0.427. The Kier molecular flexibility index (Phi) is 4.77. The van der Waals surface area contributed by atoms with E-state index >= 15 is 0 Å². The number of anilines is 2. The monoisotopic (exact) mass is 285 g/mol. The number of amides is 1. The number of carbonyl (C=O) groups is 1. The summed E-state index contributed by atoms with van der Waals surface area (Å²) in [6, 6.07) is 4.90. The fourth-order valence-electron chi connectivity index (χ4n) is 1.49. The predicted molar refractivity (Wildman–Crippen MR) is 77.1 cm³/mol. The molecule has 106 valence electrons. The largest absolute Gasteiger partial charge is 0.397 e. The highest BCUT2D eigenvalue weighted by Crippen LogP contribution is 2.20. The summed E-state index contributed by atoms with van der Waals surface area (Å²) in [7, 11) is 0.323. The summed E-state index contributed by atoms with van der Waals surface area (Å²) >= 11 is 0. The van der Waals surface area contributed by atoms with Crippen molar-refractivity contribution in [1.82, 2.24) is 4.90 Å². The smallest absolute Gasteiger partial charge is 0.253 e. The van der Waals surface area contributed by atoms with Crippen molar-refractivity contribution in [2.45, 2.75) is 0 Å². The Morgan fingerprint density at radius 1 is 1.37 bits per heavy atom. The van der Waals surface area contributed by atoms with Gasteiger partial charge in [0, 0.05) is 32.5 Å². The van der Waals surface area contributed by atoms with Crippen molar-refractivity contribution in [3.05, 3.63) is 23.8 Å². The van der Waals surface area contributed by atoms with Crippen LogP contribution in [0.4, 0.5) is 11.4 Å². The number of rotatable bonds is 5. The van der Waals surface area contributed by atoms with E-state index in [-0.39, 0.29) is 18.2 Å². The second kappa shape index (κ2) is 5.92. The number of nitrogens with one attached hydrogen (secondary N) is 1. The van der Waals surface area contributed by atoms with E-state index in [1.165, 1.54) is 11.2 Å². The van der Waals surface area contributed by atoms with Gasteiger partial charge >= 0.3 is 0 Å². The number of hydrogen-bond donors (Lipinski definition) is 2. The van der Waals surface area contributed by atoms with Crippen molar-refractivity contribution in [2.75, 3.05) is 43.7 Å². The Hall–Kier alpha value is -1.76. The van der Waals surface area contributed by atoms with Crippen LogP contribution in [0.1, 0.15) is 10.4 Å². The molecule has 0 aliphatic rings. The van der Waals surface area contributed by atoms with Crippen LogP contribution in [0.3, 0.4) is 0 Å². The highest BCUT2D eigenvalue weighted by Gasteiger charge is 2.10. The number of nitrogen functional groups attached to an aromatic ring is 1. The molecule has 1 aromatic rings. The van der Waals surface area contributed by atoms with Crippen molar-refractivity contribution < 1.29 is 13.2 Å². The Morgan fingerprint density at radius 2 is 2.00 bits per heavy atom. The van der Waals surface area contributed by atoms with Gasteiger partial charge in [-0.15, -0.1) is 0 Å². The van der Waals surface area contributed by atoms with E-state index in [1.807, 2.05) is 0 Å². The van der Waals surface area contributed by atoms with Gasteiger partial charge in [0.2, 0.25) is 0 Å². The summed E-state index contributed by atoms with van der Waals surface area (Å²) in [4.78, 5) is 13.2. The summed E-state index contributed by atoms with van der Waals surface area (Å²) in [5.41, 5.74) is 7.36. The molecule has 3 N–H and O–H groups in total. The first-order chi connectivity index (χ1) is 8.70. The van der Waals surface area contributed by atoms with E-state index < -0.39 is 9.84 Å². The fraction of sp³-hybridized carbons (Fsp3) is 0.417. The van der Waals surface area contributed by atoms with Gasteiger partial charge in [-0.25, -0.2) is 8.42 Å². The SMILES string of the molecule is CN(C)C(=O)c1ccc(NCCS(C)(=O)=O)c(N)c1. The van der Waals surface area contributed by atoms with Crippen molar-refractivity contribution in [2.24, 2.45) is 0 Å². The van der Waals surface area contributed by atoms with E-state index in [0.29, 0.717) is 16.9 Å². The molecule has 0 saturated heterocycles. The first-order valence-corrected chi connectivity index (χ1v) is 7.79. The van der Waals surface area contributed by atoms with Crippen LogP contribution in [-0.4, -0.2) is 51.9 Å². The Labute approximate surface area is 113 Å². The first-order valence-electron chi connectivity index (χ1n) is 5.73. The van der Waals surface area contributed by atoms with Crippen LogP contribution in [0.2, 0.25) is 0 Å². The highest BCUT2D eigenvalue weighted by atomic mass is 32.2. The highest BCUT2D eigenvalue weighted by molar-refractivity contribution is 7.90. The number of hydrogen-bond acceptors (Lipinski definition) is 5. The first kappa shape index (κ1) is 15.3. The molecule has 0 heterocycles. The Morgan fingerprint density at radius 3 is 2.47 bits per heavy atom. The summed E-state index contributed by atoms with van der Waals surface area (Å²) < 4.78 is 22.0. The van der Waals surface area contributed by atoms with E-state index in [4.69, 9.17) is 5.73 Å². The summed E-state index contributed by atoms with van der Waals surface area (Å²) in [5, 5.41) is 2.94. The van der Waals surface area contributed by atoms with Gasteiger partial charge in [-0.1, -0.05) is 0 Å². The minimum atomic E-state index is -3.00. The van der Waals surface area contributed by atoms with Gasteiger partial charge in [-0.05, 0) is 18.2 Å². The molecule has 0 aromatic heterocycles. The van der Waals surface area contributed by atoms with E-state index in [1.54, 1.807) is 32.3 Å². The Balaban J connectivity index is 2.75. The molecule has 1 rings (SSSR count). The second-order valence-corrected chi connectivity index (χ2v) is 6.82. The van der Waals surface area contributed by atoms with Crippen LogP contribution in [0, 0.1) is 0 Å². The third kappa shape index (κ3) is 4.78. The number of nitrogens with zero attached hydrogens (tertiary/aromatic N) is 1. The van der Waals surface area contributed by atoms with Gasteiger partial charge in [0.15, 0.2) is 0 Å². The minimum Gasteiger partial charge on any atom is -0.397 e. The average molecular weight is 285 g/mol. The van der Waals surface area contributed by atoms with Crippen molar-refractivity contribution in [3.63, 3.8) is 0 Å². The average Bonchev–Trinajstić information content (AvgIpc) is 2.28. The lowest BCUT2D eigenvalue weighted by molar-refractivity contribution is 0.0827. The molecule has 1 aromatic carbocycles. The van der Waals surface area contributed by atoms with Crippen LogP contribution in [0.15, 0.2) is 18.2 Å². The molecule has 19 heavy (non-hydrogen) atoms. The summed E-state index contributed by atoms with van der Waals surface area (Å²) in [5.74, 6) is -0.0976. The fourth-order valence-corrected chi connectivity index (χ4v) is 1.96. The molecular weight excluding hydrogens is 266 g/mol. The van der Waals surface area contributed by atoms with Gasteiger partial charge in [0.25, 0.3) is 5.91 Å². The molecule has 0 aliphatic carbocycles. The quantitative estimate of drug-likeness (QED) is 0.765. The molecule has 0 aliphatic heterocycles. The van der Waals surface area contributed by atoms with E-state index in [9.17, 15) is 13.2 Å². The van der Waals surface area contributed by atoms with Gasteiger partial charge in [-0.2, -0.15) is 0 Å². The van der Waals surface area contributed by atoms with E-state index in [0.717, 1.165) is 0 Å². The molecule has 0 fully saturated rings. The molecule has 0 unspecified atom stereocenters. The number of sulfone groups is 1. The zero-order chi connectivity index (χ0) is 14.6. The van der Waals surface area contributed by atoms with Gasteiger partial charge in [-0.3, -0.25) is 4.79 Å². The number of benzene rings is 1. The van der Waals surface area contributed by atoms with Crippen LogP contribution >= 0.6 is 0 Å². The minimum absolute atomic E-state index is 0.0326. The summed E-state index contributed by atoms with van der Waals surface area (Å²) in [6.45, 7) is 0.282. The number of nitrogens with two attached hydrogens (primary N) is 1. The maximum atomic E-state index is 11.7. The molecule has 0 saturated carbocycles. The molecule has 0 atom stereocenters. The second-order valence-electron chi connectivity index (χ2n) is 4.56. The standard InChI is InChI=1S/C12H19N3O3S/c1-15(2)12(16)9-4-5-11(10(13)8-9)14-6-7-19(3,17)18/h4-5,8,14H,6-7,13H2,1-3H3. The van der Waals surface area contributed by atoms with Crippen LogP contribution in [0.25, 0.3) is 0 Å². The Bertz CT molecular complexity index is 568. The molecule has 0 radical (unpaired) electrons. The van der Waals surface area contributed by atoms with Gasteiger partial charge < -0.3 is 16.0 Å². The van der Waals surface area contributed by atoms with Crippen molar-refractivity contribution >= 4 is 27.1 Å². The van der Waals surface area contributed by atoms with Crippen LogP contribution in [-0.2, 0) is 9.84 Å². The third-order valence-electron chi connectivity index (χ3n) is 2.49. The molecule has 1 amide bonds. The molecular formula is C12H19N3O3S. The van der Waals surface area contributed by atoms with Crippen molar-refractivity contribution in [3.8, 4) is 0 Å². The lowest BCUT2D eigenvalue weighted by atomic mass is 10.1. The van der Waals surface area contributed by atoms with Gasteiger partial charge in [0.05, 0.1) is 17.1 Å². The molecule has 0 spiro atoms. The van der Waals surface area contributed by atoms with E-state index in [2.05, 4.69) is 5.32 Å². The summed E-state index contributed by atoms with van der Waals surface area (Å²) in [6.07, 6.45) is 1.18. The third-order valence-corrected chi connectivity index (χ3v) is 3.44. The van der Waals surface area contributed by atoms with Crippen molar-refractivity contribution in [1.29, 1.82) is 0 Å². The lowest BCUT2D eigenvalue weighted by Crippen LogP contribution is -2.22.